The summed E-state index contributed by atoms with van der Waals surface area (Å²) in [4.78, 5) is 9.37. The molecule has 0 aliphatic rings. The minimum atomic E-state index is 0.930. The van der Waals surface area contributed by atoms with Gasteiger partial charge in [-0.15, -0.1) is 11.3 Å². The molecule has 0 bridgehead atoms. The Kier molecular flexibility index (Phi) is 2.69. The summed E-state index contributed by atoms with van der Waals surface area (Å²) in [7, 11) is 0. The third kappa shape index (κ3) is 1.94. The molecule has 0 fully saturated rings. The molecule has 0 aliphatic heterocycles. The van der Waals surface area contributed by atoms with Gasteiger partial charge in [0.25, 0.3) is 0 Å². The summed E-state index contributed by atoms with van der Waals surface area (Å²) < 4.78 is 2.59. The van der Waals surface area contributed by atoms with Gasteiger partial charge in [0.1, 0.15) is 0 Å². The maximum atomic E-state index is 4.81. The van der Waals surface area contributed by atoms with Gasteiger partial charge in [-0.05, 0) is 18.2 Å². The van der Waals surface area contributed by atoms with Crippen LogP contribution in [0.5, 0.6) is 0 Å². The fourth-order valence-corrected chi connectivity index (χ4v) is 4.26. The molecule has 5 aromatic rings. The summed E-state index contributed by atoms with van der Waals surface area (Å²) in [5.74, 6) is 0. The molecule has 3 heteroatoms. The first-order valence-corrected chi connectivity index (χ1v) is 8.34. The van der Waals surface area contributed by atoms with E-state index in [0.717, 1.165) is 22.3 Å². The molecule has 0 atom stereocenters. The third-order valence-corrected chi connectivity index (χ3v) is 5.35. The van der Waals surface area contributed by atoms with Crippen LogP contribution in [0.25, 0.3) is 42.5 Å². The van der Waals surface area contributed by atoms with Gasteiger partial charge in [-0.3, -0.25) is 4.98 Å². The molecule has 108 valence electrons. The topological polar surface area (TPSA) is 25.8 Å². The van der Waals surface area contributed by atoms with Gasteiger partial charge in [0.05, 0.1) is 22.9 Å². The molecule has 0 aliphatic carbocycles. The maximum absolute atomic E-state index is 4.81. The predicted molar refractivity (Wildman–Crippen MR) is 97.9 cm³/mol. The van der Waals surface area contributed by atoms with Gasteiger partial charge in [0, 0.05) is 25.7 Å². The number of nitrogens with zero attached hydrogens (tertiary/aromatic N) is 2. The van der Waals surface area contributed by atoms with Gasteiger partial charge >= 0.3 is 0 Å². The van der Waals surface area contributed by atoms with Crippen LogP contribution in [0.4, 0.5) is 0 Å². The average molecular weight is 312 g/mol. The Morgan fingerprint density at radius 2 is 1.48 bits per heavy atom. The highest BCUT2D eigenvalue weighted by Crippen LogP contribution is 2.39. The van der Waals surface area contributed by atoms with Crippen molar-refractivity contribution >= 4 is 42.5 Å². The van der Waals surface area contributed by atoms with Crippen molar-refractivity contribution in [3.05, 3.63) is 72.9 Å². The van der Waals surface area contributed by atoms with Gasteiger partial charge in [-0.2, -0.15) is 0 Å². The van der Waals surface area contributed by atoms with Crippen molar-refractivity contribution in [2.24, 2.45) is 0 Å². The van der Waals surface area contributed by atoms with E-state index in [1.54, 1.807) is 0 Å². The summed E-state index contributed by atoms with van der Waals surface area (Å²) >= 11 is 1.82. The maximum Gasteiger partial charge on any atom is 0.0907 e. The number of para-hydroxylation sites is 2. The fraction of sp³-hybridized carbons (Fsp3) is 0. The Morgan fingerprint density at radius 1 is 0.696 bits per heavy atom. The fourth-order valence-electron chi connectivity index (χ4n) is 3.04. The van der Waals surface area contributed by atoms with Gasteiger partial charge in [0.2, 0.25) is 0 Å². The second-order valence-corrected chi connectivity index (χ2v) is 6.58. The first-order chi connectivity index (χ1) is 11.4. The second kappa shape index (κ2) is 4.86. The molecule has 0 N–H and O–H groups in total. The number of thiophene rings is 1. The van der Waals surface area contributed by atoms with Crippen LogP contribution in [0.15, 0.2) is 72.9 Å². The molecule has 0 saturated carbocycles. The summed E-state index contributed by atoms with van der Waals surface area (Å²) in [5, 5.41) is 2.60. The lowest BCUT2D eigenvalue weighted by Crippen LogP contribution is -1.88. The normalized spacial score (nSPS) is 11.5. The van der Waals surface area contributed by atoms with Crippen LogP contribution >= 0.6 is 11.3 Å². The average Bonchev–Trinajstić information content (AvgIpc) is 3.00. The van der Waals surface area contributed by atoms with Gasteiger partial charge in [0.15, 0.2) is 0 Å². The minimum absolute atomic E-state index is 0.930. The van der Waals surface area contributed by atoms with Gasteiger partial charge in [-0.1, -0.05) is 48.5 Å². The largest absolute Gasteiger partial charge is 0.252 e. The lowest BCUT2D eigenvalue weighted by Gasteiger charge is -2.04. The molecule has 5 rings (SSSR count). The summed E-state index contributed by atoms with van der Waals surface area (Å²) in [6.07, 6.45) is 1.88. The molecule has 23 heavy (non-hydrogen) atoms. The van der Waals surface area contributed by atoms with Crippen molar-refractivity contribution in [2.75, 3.05) is 0 Å². The van der Waals surface area contributed by atoms with E-state index in [2.05, 4.69) is 47.4 Å². The monoisotopic (exact) mass is 312 g/mol. The Bertz CT molecular complexity index is 1170. The Hall–Kier alpha value is -2.78. The van der Waals surface area contributed by atoms with Crippen molar-refractivity contribution in [2.45, 2.75) is 0 Å². The van der Waals surface area contributed by atoms with E-state index in [9.17, 15) is 0 Å². The van der Waals surface area contributed by atoms with Crippen molar-refractivity contribution in [1.82, 2.24) is 9.97 Å². The summed E-state index contributed by atoms with van der Waals surface area (Å²) in [6.45, 7) is 0. The molecule has 0 amide bonds. The Morgan fingerprint density at radius 3 is 2.43 bits per heavy atom. The van der Waals surface area contributed by atoms with Crippen LogP contribution in [-0.4, -0.2) is 9.97 Å². The zero-order valence-corrected chi connectivity index (χ0v) is 13.0. The van der Waals surface area contributed by atoms with Crippen molar-refractivity contribution in [1.29, 1.82) is 0 Å². The molecule has 0 saturated heterocycles. The Balaban J connectivity index is 1.84. The standard InChI is InChI=1S/C20H12N2S/c1-4-11-19-13(6-1)14-7-5-8-15(20(14)23-19)18-12-21-16-9-2-3-10-17(16)22-18/h1-12H. The second-order valence-electron chi connectivity index (χ2n) is 5.52. The molecular weight excluding hydrogens is 300 g/mol. The first-order valence-electron chi connectivity index (χ1n) is 7.52. The molecule has 3 aromatic carbocycles. The Labute approximate surface area is 137 Å². The molecule has 0 spiro atoms. The van der Waals surface area contributed by atoms with E-state index < -0.39 is 0 Å². The van der Waals surface area contributed by atoms with Crippen LogP contribution in [0.3, 0.4) is 0 Å². The molecule has 0 unspecified atom stereocenters. The summed E-state index contributed by atoms with van der Waals surface area (Å²) in [5.41, 5.74) is 3.95. The van der Waals surface area contributed by atoms with Crippen molar-refractivity contribution in [3.63, 3.8) is 0 Å². The number of rotatable bonds is 1. The SMILES string of the molecule is c1ccc2nc(-c3cccc4c3sc3ccccc34)cnc2c1. The predicted octanol–water partition coefficient (Wildman–Crippen LogP) is 5.66. The van der Waals surface area contributed by atoms with Gasteiger partial charge in [-0.25, -0.2) is 4.98 Å². The van der Waals surface area contributed by atoms with Crippen molar-refractivity contribution in [3.8, 4) is 11.3 Å². The highest BCUT2D eigenvalue weighted by Gasteiger charge is 2.11. The number of hydrogen-bond acceptors (Lipinski definition) is 3. The lowest BCUT2D eigenvalue weighted by atomic mass is 10.1. The molecule has 0 radical (unpaired) electrons. The molecule has 2 nitrogen and oxygen atoms in total. The highest BCUT2D eigenvalue weighted by atomic mass is 32.1. The summed E-state index contributed by atoms with van der Waals surface area (Å²) in [6, 6.07) is 23.0. The number of benzene rings is 3. The van der Waals surface area contributed by atoms with Crippen LogP contribution in [-0.2, 0) is 0 Å². The molecule has 2 aromatic heterocycles. The van der Waals surface area contributed by atoms with Crippen LogP contribution < -0.4 is 0 Å². The van der Waals surface area contributed by atoms with E-state index in [-0.39, 0.29) is 0 Å². The van der Waals surface area contributed by atoms with E-state index >= 15 is 0 Å². The number of fused-ring (bicyclic) bond motifs is 4. The van der Waals surface area contributed by atoms with Gasteiger partial charge < -0.3 is 0 Å². The number of aromatic nitrogens is 2. The minimum Gasteiger partial charge on any atom is -0.252 e. The van der Waals surface area contributed by atoms with E-state index in [1.165, 1.54) is 20.2 Å². The van der Waals surface area contributed by atoms with E-state index in [4.69, 9.17) is 4.98 Å². The zero-order valence-electron chi connectivity index (χ0n) is 12.2. The van der Waals surface area contributed by atoms with Crippen molar-refractivity contribution < 1.29 is 0 Å². The quantitative estimate of drug-likeness (QED) is 0.399. The van der Waals surface area contributed by atoms with E-state index in [1.807, 2.05) is 41.8 Å². The zero-order chi connectivity index (χ0) is 15.2. The first kappa shape index (κ1) is 12.7. The van der Waals surface area contributed by atoms with Crippen LogP contribution in [0.1, 0.15) is 0 Å². The lowest BCUT2D eigenvalue weighted by molar-refractivity contribution is 1.30. The number of hydrogen-bond donors (Lipinski definition) is 0. The molecular formula is C20H12N2S. The van der Waals surface area contributed by atoms with Crippen LogP contribution in [0, 0.1) is 0 Å². The smallest absolute Gasteiger partial charge is 0.0907 e. The third-order valence-electron chi connectivity index (χ3n) is 4.13. The van der Waals surface area contributed by atoms with Crippen LogP contribution in [0.2, 0.25) is 0 Å². The molecule has 2 heterocycles. The van der Waals surface area contributed by atoms with E-state index in [0.29, 0.717) is 0 Å². The highest BCUT2D eigenvalue weighted by molar-refractivity contribution is 7.26.